The number of amides is 1. The van der Waals surface area contributed by atoms with E-state index >= 15 is 0 Å². The fourth-order valence-corrected chi connectivity index (χ4v) is 2.30. The third kappa shape index (κ3) is 3.09. The van der Waals surface area contributed by atoms with Gasteiger partial charge in [-0.2, -0.15) is 0 Å². The van der Waals surface area contributed by atoms with Crippen LogP contribution in [0.25, 0.3) is 0 Å². The summed E-state index contributed by atoms with van der Waals surface area (Å²) in [5.74, 6) is -0.0138. The molecule has 1 aliphatic heterocycles. The minimum absolute atomic E-state index is 0.0138. The predicted molar refractivity (Wildman–Crippen MR) is 70.2 cm³/mol. The van der Waals surface area contributed by atoms with E-state index in [1.165, 1.54) is 0 Å². The average molecular weight is 248 g/mol. The van der Waals surface area contributed by atoms with Crippen LogP contribution >= 0.6 is 0 Å². The molecular weight excluding hydrogens is 228 g/mol. The Labute approximate surface area is 107 Å². The van der Waals surface area contributed by atoms with Crippen LogP contribution in [0.2, 0.25) is 0 Å². The van der Waals surface area contributed by atoms with Gasteiger partial charge >= 0.3 is 0 Å². The van der Waals surface area contributed by atoms with Crippen LogP contribution in [-0.4, -0.2) is 30.1 Å². The summed E-state index contributed by atoms with van der Waals surface area (Å²) in [5.41, 5.74) is 1.91. The minimum atomic E-state index is -0.642. The summed E-state index contributed by atoms with van der Waals surface area (Å²) >= 11 is 0. The Morgan fingerprint density at radius 1 is 1.56 bits per heavy atom. The zero-order chi connectivity index (χ0) is 13.0. The number of aryl methyl sites for hydroxylation is 1. The Morgan fingerprint density at radius 2 is 2.33 bits per heavy atom. The number of carbonyl (C=O) groups excluding carboxylic acids is 1. The molecule has 1 aromatic carbocycles. The highest BCUT2D eigenvalue weighted by molar-refractivity contribution is 5.82. The number of hydrogen-bond donors (Lipinski definition) is 3. The second kappa shape index (κ2) is 5.98. The number of carbonyl (C=O) groups is 1. The van der Waals surface area contributed by atoms with Crippen molar-refractivity contribution in [3.05, 3.63) is 35.4 Å². The molecule has 1 saturated heterocycles. The van der Waals surface area contributed by atoms with Gasteiger partial charge in [-0.05, 0) is 37.4 Å². The standard InChI is InChI=1S/C14H20N2O2/c1-10-5-2-3-6-11(10)13(17)9-16-14(18)12-7-4-8-15-12/h2-3,5-6,12-13,15,17H,4,7-9H2,1H3,(H,16,18)/t12-,13+/m1/s1. The Bertz CT molecular complexity index is 414. The normalized spacial score (nSPS) is 20.7. The molecule has 0 saturated carbocycles. The maximum Gasteiger partial charge on any atom is 0.237 e. The van der Waals surface area contributed by atoms with Crippen molar-refractivity contribution in [2.75, 3.05) is 13.1 Å². The lowest BCUT2D eigenvalue weighted by atomic mass is 10.0. The Kier molecular flexibility index (Phi) is 4.33. The lowest BCUT2D eigenvalue weighted by Gasteiger charge is -2.16. The van der Waals surface area contributed by atoms with Gasteiger partial charge in [-0.3, -0.25) is 4.79 Å². The van der Waals surface area contributed by atoms with Crippen molar-refractivity contribution in [1.82, 2.24) is 10.6 Å². The number of benzene rings is 1. The van der Waals surface area contributed by atoms with Crippen LogP contribution < -0.4 is 10.6 Å². The topological polar surface area (TPSA) is 61.4 Å². The molecule has 0 aromatic heterocycles. The number of nitrogens with one attached hydrogen (secondary N) is 2. The van der Waals surface area contributed by atoms with E-state index in [1.807, 2.05) is 31.2 Å². The average Bonchev–Trinajstić information content (AvgIpc) is 2.90. The van der Waals surface area contributed by atoms with Gasteiger partial charge in [0.25, 0.3) is 0 Å². The molecule has 1 fully saturated rings. The summed E-state index contributed by atoms with van der Waals surface area (Å²) in [4.78, 5) is 11.8. The van der Waals surface area contributed by atoms with Crippen LogP contribution in [0.4, 0.5) is 0 Å². The molecular formula is C14H20N2O2. The molecule has 4 heteroatoms. The van der Waals surface area contributed by atoms with Crippen LogP contribution in [0, 0.1) is 6.92 Å². The van der Waals surface area contributed by atoms with Crippen LogP contribution in [0.1, 0.15) is 30.1 Å². The van der Waals surface area contributed by atoms with E-state index in [1.54, 1.807) is 0 Å². The van der Waals surface area contributed by atoms with Crippen molar-refractivity contribution in [2.45, 2.75) is 31.9 Å². The van der Waals surface area contributed by atoms with E-state index in [0.29, 0.717) is 0 Å². The first-order valence-corrected chi connectivity index (χ1v) is 6.43. The lowest BCUT2D eigenvalue weighted by Crippen LogP contribution is -2.41. The fraction of sp³-hybridized carbons (Fsp3) is 0.500. The lowest BCUT2D eigenvalue weighted by molar-refractivity contribution is -0.123. The van der Waals surface area contributed by atoms with Crippen LogP contribution in [-0.2, 0) is 4.79 Å². The highest BCUT2D eigenvalue weighted by Gasteiger charge is 2.22. The monoisotopic (exact) mass is 248 g/mol. The third-order valence-corrected chi connectivity index (χ3v) is 3.39. The molecule has 18 heavy (non-hydrogen) atoms. The van der Waals surface area contributed by atoms with Crippen molar-refractivity contribution in [3.63, 3.8) is 0 Å². The molecule has 1 amide bonds. The number of aliphatic hydroxyl groups excluding tert-OH is 1. The van der Waals surface area contributed by atoms with Crippen molar-refractivity contribution in [3.8, 4) is 0 Å². The zero-order valence-corrected chi connectivity index (χ0v) is 10.6. The molecule has 0 spiro atoms. The molecule has 2 atom stereocenters. The van der Waals surface area contributed by atoms with Gasteiger partial charge in [0.05, 0.1) is 12.1 Å². The maximum atomic E-state index is 11.8. The first-order chi connectivity index (χ1) is 8.68. The molecule has 2 rings (SSSR count). The largest absolute Gasteiger partial charge is 0.387 e. The summed E-state index contributed by atoms with van der Waals surface area (Å²) in [5, 5.41) is 16.0. The van der Waals surface area contributed by atoms with Crippen LogP contribution in [0.15, 0.2) is 24.3 Å². The molecule has 1 aromatic rings. The van der Waals surface area contributed by atoms with Crippen LogP contribution in [0.5, 0.6) is 0 Å². The van der Waals surface area contributed by atoms with Gasteiger partial charge in [0.2, 0.25) is 5.91 Å². The first-order valence-electron chi connectivity index (χ1n) is 6.43. The van der Waals surface area contributed by atoms with E-state index in [4.69, 9.17) is 0 Å². The summed E-state index contributed by atoms with van der Waals surface area (Å²) in [6.07, 6.45) is 1.28. The SMILES string of the molecule is Cc1ccccc1[C@@H](O)CNC(=O)[C@H]1CCCN1. The Hall–Kier alpha value is -1.39. The second-order valence-corrected chi connectivity index (χ2v) is 4.77. The molecule has 0 bridgehead atoms. The maximum absolute atomic E-state index is 11.8. The van der Waals surface area contributed by atoms with E-state index < -0.39 is 6.10 Å². The molecule has 0 aliphatic carbocycles. The summed E-state index contributed by atoms with van der Waals surface area (Å²) in [7, 11) is 0. The molecule has 3 N–H and O–H groups in total. The minimum Gasteiger partial charge on any atom is -0.387 e. The molecule has 1 aliphatic rings. The van der Waals surface area contributed by atoms with E-state index in [2.05, 4.69) is 10.6 Å². The molecule has 98 valence electrons. The van der Waals surface area contributed by atoms with Gasteiger partial charge in [0.15, 0.2) is 0 Å². The van der Waals surface area contributed by atoms with E-state index in [-0.39, 0.29) is 18.5 Å². The van der Waals surface area contributed by atoms with E-state index in [0.717, 1.165) is 30.5 Å². The van der Waals surface area contributed by atoms with Crippen molar-refractivity contribution in [1.29, 1.82) is 0 Å². The molecule has 4 nitrogen and oxygen atoms in total. The second-order valence-electron chi connectivity index (χ2n) is 4.77. The molecule has 0 radical (unpaired) electrons. The zero-order valence-electron chi connectivity index (χ0n) is 10.6. The number of rotatable bonds is 4. The number of hydrogen-bond acceptors (Lipinski definition) is 3. The Morgan fingerprint density at radius 3 is 3.00 bits per heavy atom. The first kappa shape index (κ1) is 13.1. The predicted octanol–water partition coefficient (Wildman–Crippen LogP) is 0.897. The van der Waals surface area contributed by atoms with Gasteiger partial charge < -0.3 is 15.7 Å². The summed E-state index contributed by atoms with van der Waals surface area (Å²) < 4.78 is 0. The van der Waals surface area contributed by atoms with Gasteiger partial charge in [0.1, 0.15) is 0 Å². The molecule has 1 heterocycles. The van der Waals surface area contributed by atoms with Gasteiger partial charge in [-0.25, -0.2) is 0 Å². The quantitative estimate of drug-likeness (QED) is 0.742. The van der Waals surface area contributed by atoms with Crippen LogP contribution in [0.3, 0.4) is 0 Å². The summed E-state index contributed by atoms with van der Waals surface area (Å²) in [6, 6.07) is 7.59. The number of aliphatic hydroxyl groups is 1. The van der Waals surface area contributed by atoms with Gasteiger partial charge in [0, 0.05) is 6.54 Å². The van der Waals surface area contributed by atoms with Gasteiger partial charge in [-0.1, -0.05) is 24.3 Å². The van der Waals surface area contributed by atoms with E-state index in [9.17, 15) is 9.90 Å². The smallest absolute Gasteiger partial charge is 0.237 e. The third-order valence-electron chi connectivity index (χ3n) is 3.39. The highest BCUT2D eigenvalue weighted by atomic mass is 16.3. The van der Waals surface area contributed by atoms with Crippen molar-refractivity contribution >= 4 is 5.91 Å². The van der Waals surface area contributed by atoms with Gasteiger partial charge in [-0.15, -0.1) is 0 Å². The van der Waals surface area contributed by atoms with Crippen molar-refractivity contribution in [2.24, 2.45) is 0 Å². The Balaban J connectivity index is 1.86. The highest BCUT2D eigenvalue weighted by Crippen LogP contribution is 2.16. The fourth-order valence-electron chi connectivity index (χ4n) is 2.30. The summed E-state index contributed by atoms with van der Waals surface area (Å²) in [6.45, 7) is 3.12. The molecule has 0 unspecified atom stereocenters. The van der Waals surface area contributed by atoms with Crippen molar-refractivity contribution < 1.29 is 9.90 Å².